The summed E-state index contributed by atoms with van der Waals surface area (Å²) >= 11 is 0. The van der Waals surface area contributed by atoms with Crippen LogP contribution in [0.2, 0.25) is 0 Å². The summed E-state index contributed by atoms with van der Waals surface area (Å²) in [5, 5.41) is 14.3. The van der Waals surface area contributed by atoms with Crippen LogP contribution in [0.4, 0.5) is 5.69 Å². The molecule has 14 heavy (non-hydrogen) atoms. The van der Waals surface area contributed by atoms with Crippen LogP contribution in [-0.4, -0.2) is 14.7 Å². The lowest BCUT2D eigenvalue weighted by Crippen LogP contribution is -1.94. The lowest BCUT2D eigenvalue weighted by atomic mass is 10.3. The molecule has 0 aliphatic heterocycles. The maximum atomic E-state index is 10.4. The molecule has 0 fully saturated rings. The Labute approximate surface area is 81.2 Å². The summed E-state index contributed by atoms with van der Waals surface area (Å²) in [7, 11) is 0. The van der Waals surface area contributed by atoms with Gasteiger partial charge >= 0.3 is 0 Å². The van der Waals surface area contributed by atoms with Crippen LogP contribution in [0.25, 0.3) is 5.69 Å². The summed E-state index contributed by atoms with van der Waals surface area (Å²) in [4.78, 5) is 9.95. The minimum Gasteiger partial charge on any atom is -0.258 e. The highest BCUT2D eigenvalue weighted by molar-refractivity contribution is 5.40. The van der Waals surface area contributed by atoms with Crippen molar-refractivity contribution in [2.45, 2.75) is 0 Å². The van der Waals surface area contributed by atoms with Crippen molar-refractivity contribution in [1.29, 1.82) is 0 Å². The fraction of sp³-hybridized carbons (Fsp3) is 0. The second-order valence-electron chi connectivity index (χ2n) is 2.66. The Bertz CT molecular complexity index is 492. The standard InChI is InChI=1S/C9H7N3O2/c13-12(14)9-4-2-8(3-5-9)11-7-1-6-10-11/h1-7H/i6D. The van der Waals surface area contributed by atoms with Gasteiger partial charge in [-0.1, -0.05) is 0 Å². The first-order valence-corrected chi connectivity index (χ1v) is 3.94. The van der Waals surface area contributed by atoms with Gasteiger partial charge in [0.05, 0.1) is 12.0 Å². The third-order valence-corrected chi connectivity index (χ3v) is 1.78. The van der Waals surface area contributed by atoms with E-state index in [1.807, 2.05) is 0 Å². The van der Waals surface area contributed by atoms with E-state index in [0.717, 1.165) is 0 Å². The van der Waals surface area contributed by atoms with Crippen LogP contribution in [0.1, 0.15) is 1.37 Å². The third kappa shape index (κ3) is 1.47. The van der Waals surface area contributed by atoms with E-state index in [9.17, 15) is 10.1 Å². The number of aromatic nitrogens is 2. The monoisotopic (exact) mass is 190 g/mol. The third-order valence-electron chi connectivity index (χ3n) is 1.78. The van der Waals surface area contributed by atoms with Gasteiger partial charge in [-0.2, -0.15) is 5.10 Å². The number of nitrogens with zero attached hydrogens (tertiary/aromatic N) is 3. The predicted octanol–water partition coefficient (Wildman–Crippen LogP) is 1.78. The number of rotatable bonds is 2. The Morgan fingerprint density at radius 3 is 2.64 bits per heavy atom. The SMILES string of the molecule is [2H]c1ccn(-c2ccc([N+](=O)[O-])cc2)n1. The Balaban J connectivity index is 2.35. The van der Waals surface area contributed by atoms with Crippen molar-refractivity contribution >= 4 is 5.69 Å². The molecule has 2 aromatic rings. The Morgan fingerprint density at radius 2 is 2.14 bits per heavy atom. The molecular weight excluding hydrogens is 182 g/mol. The molecule has 70 valence electrons. The van der Waals surface area contributed by atoms with Crippen molar-refractivity contribution in [3.05, 3.63) is 52.8 Å². The molecule has 5 heteroatoms. The van der Waals surface area contributed by atoms with Crippen molar-refractivity contribution in [3.8, 4) is 5.69 Å². The molecule has 0 saturated carbocycles. The molecule has 0 atom stereocenters. The fourth-order valence-electron chi connectivity index (χ4n) is 1.10. The molecule has 1 heterocycles. The number of nitro benzene ring substituents is 1. The van der Waals surface area contributed by atoms with E-state index >= 15 is 0 Å². The fourth-order valence-corrected chi connectivity index (χ4v) is 1.10. The topological polar surface area (TPSA) is 61.0 Å². The van der Waals surface area contributed by atoms with E-state index in [-0.39, 0.29) is 11.9 Å². The average molecular weight is 190 g/mol. The van der Waals surface area contributed by atoms with E-state index in [1.54, 1.807) is 24.4 Å². The van der Waals surface area contributed by atoms with E-state index in [4.69, 9.17) is 1.37 Å². The second-order valence-corrected chi connectivity index (χ2v) is 2.66. The quantitative estimate of drug-likeness (QED) is 0.535. The number of nitro groups is 1. The average Bonchev–Trinajstić information content (AvgIpc) is 2.65. The first-order chi connectivity index (χ1) is 7.16. The Morgan fingerprint density at radius 1 is 1.43 bits per heavy atom. The minimum atomic E-state index is -0.456. The van der Waals surface area contributed by atoms with Gasteiger partial charge < -0.3 is 0 Å². The summed E-state index contributed by atoms with van der Waals surface area (Å²) in [6, 6.07) is 7.53. The van der Waals surface area contributed by atoms with Crippen molar-refractivity contribution in [2.75, 3.05) is 0 Å². The Kier molecular flexibility index (Phi) is 1.71. The molecule has 1 aromatic carbocycles. The highest BCUT2D eigenvalue weighted by Crippen LogP contribution is 2.13. The molecule has 2 rings (SSSR count). The van der Waals surface area contributed by atoms with Gasteiger partial charge in [0.15, 0.2) is 0 Å². The second kappa shape index (κ2) is 3.29. The van der Waals surface area contributed by atoms with Crippen LogP contribution in [-0.2, 0) is 0 Å². The highest BCUT2D eigenvalue weighted by atomic mass is 16.6. The molecule has 1 aromatic heterocycles. The van der Waals surface area contributed by atoms with Gasteiger partial charge in [-0.15, -0.1) is 0 Å². The summed E-state index contributed by atoms with van der Waals surface area (Å²) in [5.41, 5.74) is 0.733. The van der Waals surface area contributed by atoms with Crippen molar-refractivity contribution in [3.63, 3.8) is 0 Å². The molecule has 0 bridgehead atoms. The molecule has 5 nitrogen and oxygen atoms in total. The van der Waals surface area contributed by atoms with Crippen LogP contribution < -0.4 is 0 Å². The molecule has 0 saturated heterocycles. The normalized spacial score (nSPS) is 11.0. The molecule has 0 unspecified atom stereocenters. The maximum absolute atomic E-state index is 10.4. The zero-order valence-corrected chi connectivity index (χ0v) is 7.12. The maximum Gasteiger partial charge on any atom is 0.269 e. The van der Waals surface area contributed by atoms with Gasteiger partial charge in [0.2, 0.25) is 0 Å². The number of hydrogen-bond donors (Lipinski definition) is 0. The van der Waals surface area contributed by atoms with Crippen LogP contribution in [0.15, 0.2) is 42.7 Å². The smallest absolute Gasteiger partial charge is 0.258 e. The molecule has 0 radical (unpaired) electrons. The number of non-ortho nitro benzene ring substituents is 1. The van der Waals surface area contributed by atoms with Gasteiger partial charge in [-0.3, -0.25) is 10.1 Å². The van der Waals surface area contributed by atoms with Crippen molar-refractivity contribution in [1.82, 2.24) is 9.78 Å². The highest BCUT2D eigenvalue weighted by Gasteiger charge is 2.04. The lowest BCUT2D eigenvalue weighted by molar-refractivity contribution is -0.384. The molecule has 0 aliphatic rings. The van der Waals surface area contributed by atoms with Gasteiger partial charge in [0, 0.05) is 24.5 Å². The predicted molar refractivity (Wildman–Crippen MR) is 50.2 cm³/mol. The van der Waals surface area contributed by atoms with E-state index in [1.165, 1.54) is 16.8 Å². The van der Waals surface area contributed by atoms with Crippen LogP contribution in [0, 0.1) is 10.1 Å². The van der Waals surface area contributed by atoms with Crippen molar-refractivity contribution < 1.29 is 6.29 Å². The van der Waals surface area contributed by atoms with E-state index in [0.29, 0.717) is 5.69 Å². The molecule has 0 aliphatic carbocycles. The van der Waals surface area contributed by atoms with E-state index in [2.05, 4.69) is 5.10 Å². The summed E-state index contributed by atoms with van der Waals surface area (Å²) in [6.07, 6.45) is 1.79. The first kappa shape index (κ1) is 7.25. The van der Waals surface area contributed by atoms with Crippen LogP contribution >= 0.6 is 0 Å². The molecular formula is C9H7N3O2. The van der Waals surface area contributed by atoms with Crippen LogP contribution in [0.5, 0.6) is 0 Å². The van der Waals surface area contributed by atoms with Crippen LogP contribution in [0.3, 0.4) is 0 Å². The zero-order valence-electron chi connectivity index (χ0n) is 8.12. The zero-order chi connectivity index (χ0) is 10.8. The molecule has 0 amide bonds. The Hall–Kier alpha value is -2.17. The first-order valence-electron chi connectivity index (χ1n) is 4.44. The van der Waals surface area contributed by atoms with Gasteiger partial charge in [0.1, 0.15) is 0 Å². The lowest BCUT2D eigenvalue weighted by Gasteiger charge is -1.99. The molecule has 0 spiro atoms. The minimum absolute atomic E-state index is 0.0389. The van der Waals surface area contributed by atoms with Gasteiger partial charge in [0.25, 0.3) is 5.69 Å². The summed E-state index contributed by atoms with van der Waals surface area (Å²) < 4.78 is 8.73. The van der Waals surface area contributed by atoms with E-state index < -0.39 is 4.92 Å². The molecule has 0 N–H and O–H groups in total. The van der Waals surface area contributed by atoms with Gasteiger partial charge in [-0.05, 0) is 18.2 Å². The summed E-state index contributed by atoms with van der Waals surface area (Å²) in [5.74, 6) is 0. The number of benzene rings is 1. The number of hydrogen-bond acceptors (Lipinski definition) is 3. The van der Waals surface area contributed by atoms with Crippen molar-refractivity contribution in [2.24, 2.45) is 0 Å². The summed E-state index contributed by atoms with van der Waals surface area (Å²) in [6.45, 7) is 0. The largest absolute Gasteiger partial charge is 0.269 e. The van der Waals surface area contributed by atoms with Gasteiger partial charge in [-0.25, -0.2) is 4.68 Å².